The molecular formula is C4H7AcOY-. The van der Waals surface area contributed by atoms with E-state index in [4.69, 9.17) is 5.11 Å². The summed E-state index contributed by atoms with van der Waals surface area (Å²) in [6.45, 7) is 1.85. The maximum absolute atomic E-state index is 7.95. The van der Waals surface area contributed by atoms with Crippen LogP contribution in [-0.4, -0.2) is 11.7 Å². The summed E-state index contributed by atoms with van der Waals surface area (Å²) in [6, 6.07) is 0. The van der Waals surface area contributed by atoms with E-state index in [-0.39, 0.29) is 83.4 Å². The van der Waals surface area contributed by atoms with Gasteiger partial charge in [-0.15, -0.1) is 0 Å². The maximum Gasteiger partial charge on any atom is 0.0296 e. The van der Waals surface area contributed by atoms with E-state index in [1.807, 2.05) is 0 Å². The van der Waals surface area contributed by atoms with Gasteiger partial charge in [0.05, 0.1) is 0 Å². The van der Waals surface area contributed by atoms with Gasteiger partial charge in [-0.3, -0.25) is 0 Å². The largest absolute Gasteiger partial charge is 0.502 e. The number of allylic oxidation sites excluding steroid dienone is 1. The summed E-state index contributed by atoms with van der Waals surface area (Å²) < 4.78 is 0. The fourth-order valence-electron chi connectivity index (χ4n) is 0.0913. The SMILES string of the molecule is C[C-]=CCO.[Ac].[Y]. The molecule has 0 fully saturated rings. The molecule has 7 heavy (non-hydrogen) atoms. The third-order valence-electron chi connectivity index (χ3n) is 0.295. The van der Waals surface area contributed by atoms with E-state index in [0.29, 0.717) is 0 Å². The average Bonchev–Trinajstić information content (AvgIpc) is 1.41. The quantitative estimate of drug-likeness (QED) is 0.645. The summed E-state index contributed by atoms with van der Waals surface area (Å²) in [5.41, 5.74) is 0. The molecule has 0 amide bonds. The summed E-state index contributed by atoms with van der Waals surface area (Å²) >= 11 is 0. The first-order valence-corrected chi connectivity index (χ1v) is 1.51. The Morgan fingerprint density at radius 1 is 1.71 bits per heavy atom. The number of hydrogen-bond acceptors (Lipinski definition) is 1. The van der Waals surface area contributed by atoms with Crippen molar-refractivity contribution in [2.75, 3.05) is 6.61 Å². The predicted octanol–water partition coefficient (Wildman–Crippen LogP) is 0.355. The molecule has 1 N–H and O–H groups in total. The third-order valence-corrected chi connectivity index (χ3v) is 0.295. The van der Waals surface area contributed by atoms with E-state index in [1.165, 1.54) is 0 Å². The van der Waals surface area contributed by atoms with Crippen molar-refractivity contribution in [3.8, 4) is 0 Å². The molecule has 0 aromatic rings. The van der Waals surface area contributed by atoms with E-state index < -0.39 is 0 Å². The summed E-state index contributed by atoms with van der Waals surface area (Å²) in [4.78, 5) is 0. The third kappa shape index (κ3) is 17.8. The summed E-state index contributed by atoms with van der Waals surface area (Å²) in [5, 5.41) is 7.95. The Labute approximate surface area is 105 Å². The van der Waals surface area contributed by atoms with Crippen LogP contribution in [-0.2, 0) is 32.7 Å². The molecule has 0 bridgehead atoms. The zero-order valence-electron chi connectivity index (χ0n) is 4.39. The van der Waals surface area contributed by atoms with E-state index in [9.17, 15) is 0 Å². The monoisotopic (exact) mass is 387 g/mol. The minimum absolute atomic E-state index is 0. The first-order valence-electron chi connectivity index (χ1n) is 1.51. The fraction of sp³-hybridized carbons (Fsp3) is 0.500. The van der Waals surface area contributed by atoms with Crippen LogP contribution in [0.3, 0.4) is 0 Å². The van der Waals surface area contributed by atoms with Crippen molar-refractivity contribution in [2.45, 2.75) is 6.92 Å². The molecule has 0 aromatic heterocycles. The van der Waals surface area contributed by atoms with Crippen LogP contribution in [0.5, 0.6) is 0 Å². The Bertz CT molecular complexity index is 38.7. The normalized spacial score (nSPS) is 7.14. The Morgan fingerprint density at radius 3 is 2.14 bits per heavy atom. The Kier molecular flexibility index (Phi) is 36.2. The molecule has 0 heterocycles. The molecule has 3 heteroatoms. The van der Waals surface area contributed by atoms with Crippen LogP contribution in [0.2, 0.25) is 0 Å². The molecule has 0 aliphatic heterocycles. The van der Waals surface area contributed by atoms with Gasteiger partial charge >= 0.3 is 0 Å². The zero-order valence-corrected chi connectivity index (χ0v) is 12.0. The topological polar surface area (TPSA) is 20.2 Å². The van der Waals surface area contributed by atoms with Crippen molar-refractivity contribution < 1.29 is 81.9 Å². The van der Waals surface area contributed by atoms with Gasteiger partial charge in [-0.2, -0.15) is 6.92 Å². The Balaban J connectivity index is -0.0000000800. The molecule has 1 nitrogen and oxygen atoms in total. The second kappa shape index (κ2) is 15.7. The Hall–Kier alpha value is 2.25. The van der Waals surface area contributed by atoms with E-state index in [1.54, 1.807) is 13.0 Å². The van der Waals surface area contributed by atoms with Crippen LogP contribution in [0, 0.1) is 50.1 Å². The summed E-state index contributed by atoms with van der Waals surface area (Å²) in [7, 11) is 0. The fourth-order valence-corrected chi connectivity index (χ4v) is 0.0913. The molecule has 0 unspecified atom stereocenters. The van der Waals surface area contributed by atoms with E-state index >= 15 is 0 Å². The van der Waals surface area contributed by atoms with Crippen LogP contribution in [0.15, 0.2) is 6.08 Å². The van der Waals surface area contributed by atoms with Crippen molar-refractivity contribution in [1.29, 1.82) is 0 Å². The molecule has 0 aliphatic carbocycles. The van der Waals surface area contributed by atoms with Gasteiger partial charge in [-0.05, 0) is 0 Å². The van der Waals surface area contributed by atoms with Gasteiger partial charge in [0.2, 0.25) is 0 Å². The average molecular weight is 387 g/mol. The van der Waals surface area contributed by atoms with Crippen molar-refractivity contribution in [1.82, 2.24) is 0 Å². The number of aliphatic hydroxyl groups excluding tert-OH is 1. The summed E-state index contributed by atoms with van der Waals surface area (Å²) in [6.07, 6.45) is 4.20. The second-order valence-corrected chi connectivity index (χ2v) is 0.675. The molecule has 2 radical (unpaired) electrons. The van der Waals surface area contributed by atoms with Crippen LogP contribution in [0.25, 0.3) is 0 Å². The standard InChI is InChI=1S/C4H7O.Ac.Y/c1-2-3-4-5;;/h3,5H,4H2,1H3;;/q-1;;. The van der Waals surface area contributed by atoms with Crippen molar-refractivity contribution in [3.05, 3.63) is 12.2 Å². The Morgan fingerprint density at radius 2 is 2.14 bits per heavy atom. The van der Waals surface area contributed by atoms with Gasteiger partial charge in [0.1, 0.15) is 0 Å². The number of hydrogen-bond donors (Lipinski definition) is 1. The molecule has 0 aliphatic rings. The molecule has 36 valence electrons. The minimum Gasteiger partial charge on any atom is -0.502 e. The van der Waals surface area contributed by atoms with Gasteiger partial charge in [0, 0.05) is 83.4 Å². The maximum atomic E-state index is 7.95. The predicted molar refractivity (Wildman–Crippen MR) is 20.6 cm³/mol. The molecule has 0 rings (SSSR count). The molecule has 0 saturated heterocycles. The van der Waals surface area contributed by atoms with Gasteiger partial charge in [0.15, 0.2) is 0 Å². The van der Waals surface area contributed by atoms with Gasteiger partial charge in [-0.1, -0.05) is 0 Å². The van der Waals surface area contributed by atoms with Crippen LogP contribution in [0.4, 0.5) is 0 Å². The van der Waals surface area contributed by atoms with Crippen LogP contribution >= 0.6 is 0 Å². The van der Waals surface area contributed by atoms with Crippen LogP contribution in [0.1, 0.15) is 6.92 Å². The van der Waals surface area contributed by atoms with Gasteiger partial charge in [0.25, 0.3) is 0 Å². The van der Waals surface area contributed by atoms with Crippen molar-refractivity contribution >= 4 is 0 Å². The van der Waals surface area contributed by atoms with Gasteiger partial charge < -0.3 is 11.2 Å². The molecule has 0 saturated carbocycles. The zero-order chi connectivity index (χ0) is 4.12. The first kappa shape index (κ1) is 16.1. The molecule has 0 spiro atoms. The smallest absolute Gasteiger partial charge is 0.0296 e. The van der Waals surface area contributed by atoms with Gasteiger partial charge in [-0.25, -0.2) is 6.08 Å². The first-order chi connectivity index (χ1) is 2.41. The van der Waals surface area contributed by atoms with E-state index in [0.717, 1.165) is 0 Å². The minimum atomic E-state index is 0. The number of aliphatic hydroxyl groups is 1. The van der Waals surface area contributed by atoms with Crippen molar-refractivity contribution in [3.63, 3.8) is 0 Å². The molecule has 0 atom stereocenters. The van der Waals surface area contributed by atoms with Crippen LogP contribution < -0.4 is 0 Å². The second-order valence-electron chi connectivity index (χ2n) is 0.675. The molecule has 0 aromatic carbocycles. The van der Waals surface area contributed by atoms with E-state index in [2.05, 4.69) is 6.08 Å². The molecular weight excluding hydrogens is 380 g/mol. The summed E-state index contributed by atoms with van der Waals surface area (Å²) in [5.74, 6) is 0. The number of rotatable bonds is 1. The van der Waals surface area contributed by atoms with Crippen molar-refractivity contribution in [2.24, 2.45) is 0 Å².